The van der Waals surface area contributed by atoms with Crippen LogP contribution in [0.15, 0.2) is 22.5 Å². The van der Waals surface area contributed by atoms with E-state index in [0.717, 1.165) is 0 Å². The van der Waals surface area contributed by atoms with Gasteiger partial charge in [0.2, 0.25) is 0 Å². The van der Waals surface area contributed by atoms with E-state index >= 15 is 0 Å². The van der Waals surface area contributed by atoms with E-state index < -0.39 is 0 Å². The van der Waals surface area contributed by atoms with Gasteiger partial charge in [-0.3, -0.25) is 0 Å². The molecule has 0 nitrogen and oxygen atoms in total. The van der Waals surface area contributed by atoms with Gasteiger partial charge in [-0.25, -0.2) is 0 Å². The molecule has 42 valence electrons. The fraction of sp³-hybridized carbons (Fsp3) is 0.200. The first-order chi connectivity index (χ1) is 3.43. The summed E-state index contributed by atoms with van der Waals surface area (Å²) in [4.78, 5) is 1.37. The van der Waals surface area contributed by atoms with Crippen LogP contribution in [0.3, 0.4) is 0 Å². The van der Waals surface area contributed by atoms with Crippen molar-refractivity contribution < 1.29 is 0 Å². The van der Waals surface area contributed by atoms with Gasteiger partial charge >= 0.3 is 59.1 Å². The summed E-state index contributed by atoms with van der Waals surface area (Å²) >= 11 is 0. The van der Waals surface area contributed by atoms with Crippen molar-refractivity contribution in [2.45, 2.75) is 6.92 Å². The molecular formula is C5H8Na2S2. The molecule has 0 aromatic heterocycles. The maximum absolute atomic E-state index is 2.12. The second-order valence-electron chi connectivity index (χ2n) is 1.17. The minimum absolute atomic E-state index is 0. The molecule has 0 N–H and O–H groups in total. The van der Waals surface area contributed by atoms with Gasteiger partial charge < -0.3 is 0 Å². The molecule has 0 bridgehead atoms. The third-order valence-electron chi connectivity index (χ3n) is 0.717. The van der Waals surface area contributed by atoms with Gasteiger partial charge in [0.05, 0.1) is 0 Å². The van der Waals surface area contributed by atoms with Crippen LogP contribution < -0.4 is 0 Å². The summed E-state index contributed by atoms with van der Waals surface area (Å²) in [6.45, 7) is 2.05. The molecule has 9 heavy (non-hydrogen) atoms. The molecule has 1 rings (SSSR count). The molecule has 0 atom stereocenters. The van der Waals surface area contributed by atoms with Gasteiger partial charge in [0.25, 0.3) is 0 Å². The van der Waals surface area contributed by atoms with Crippen LogP contribution in [-0.2, 0) is 0 Å². The summed E-state index contributed by atoms with van der Waals surface area (Å²) in [6, 6.07) is 0. The first-order valence-corrected chi connectivity index (χ1v) is 4.31. The Balaban J connectivity index is 0. The summed E-state index contributed by atoms with van der Waals surface area (Å²) in [6.07, 6.45) is 4.23. The van der Waals surface area contributed by atoms with E-state index in [1.807, 2.05) is 10.8 Å². The van der Waals surface area contributed by atoms with Crippen LogP contribution in [0.5, 0.6) is 0 Å². The van der Waals surface area contributed by atoms with Crippen molar-refractivity contribution in [1.29, 1.82) is 0 Å². The molecule has 0 aromatic rings. The predicted molar refractivity (Wildman–Crippen MR) is 52.4 cm³/mol. The zero-order chi connectivity index (χ0) is 5.11. The minimum atomic E-state index is 0. The zero-order valence-electron chi connectivity index (χ0n) is 4.05. The van der Waals surface area contributed by atoms with Gasteiger partial charge in [0.1, 0.15) is 0 Å². The van der Waals surface area contributed by atoms with Crippen LogP contribution in [0.2, 0.25) is 0 Å². The van der Waals surface area contributed by atoms with Crippen molar-refractivity contribution in [2.24, 2.45) is 0 Å². The second kappa shape index (κ2) is 8.28. The molecule has 1 heterocycles. The van der Waals surface area contributed by atoms with Crippen molar-refractivity contribution in [3.8, 4) is 0 Å². The molecule has 0 fully saturated rings. The molecule has 1 aliphatic rings. The fourth-order valence-electron chi connectivity index (χ4n) is 0.350. The Morgan fingerprint density at radius 1 is 1.44 bits per heavy atom. The van der Waals surface area contributed by atoms with Crippen LogP contribution in [0.25, 0.3) is 0 Å². The summed E-state index contributed by atoms with van der Waals surface area (Å²) in [7, 11) is 3.58. The van der Waals surface area contributed by atoms with Crippen molar-refractivity contribution in [2.75, 3.05) is 0 Å². The number of hydrogen-bond donors (Lipinski definition) is 0. The standard InChI is InChI=1S/C5H6S2.2Na.2H/c1-2-5-3-4-6-7-5;;;;/h2-4H,1H3;;;;. The van der Waals surface area contributed by atoms with Gasteiger partial charge in [0.15, 0.2) is 0 Å². The maximum atomic E-state index is 2.12. The Hall–Kier alpha value is 2.18. The van der Waals surface area contributed by atoms with Crippen LogP contribution in [0, 0.1) is 0 Å². The van der Waals surface area contributed by atoms with Crippen molar-refractivity contribution in [3.05, 3.63) is 22.5 Å². The topological polar surface area (TPSA) is 0 Å². The Kier molecular flexibility index (Phi) is 12.6. The molecule has 0 saturated heterocycles. The van der Waals surface area contributed by atoms with Crippen molar-refractivity contribution in [3.63, 3.8) is 0 Å². The van der Waals surface area contributed by atoms with Crippen LogP contribution >= 0.6 is 21.6 Å². The zero-order valence-corrected chi connectivity index (χ0v) is 5.68. The first-order valence-electron chi connectivity index (χ1n) is 2.09. The van der Waals surface area contributed by atoms with E-state index in [2.05, 4.69) is 24.5 Å². The quantitative estimate of drug-likeness (QED) is 0.407. The third kappa shape index (κ3) is 5.45. The molecule has 4 heteroatoms. The van der Waals surface area contributed by atoms with Crippen LogP contribution in [0.4, 0.5) is 0 Å². The van der Waals surface area contributed by atoms with Gasteiger partial charge in [-0.15, -0.1) is 0 Å². The second-order valence-corrected chi connectivity index (χ2v) is 3.35. The monoisotopic (exact) mass is 178 g/mol. The number of rotatable bonds is 0. The Morgan fingerprint density at radius 3 is 2.33 bits per heavy atom. The number of hydrogen-bond acceptors (Lipinski definition) is 2. The van der Waals surface area contributed by atoms with Gasteiger partial charge in [-0.05, 0) is 18.4 Å². The molecule has 0 unspecified atom stereocenters. The van der Waals surface area contributed by atoms with Crippen molar-refractivity contribution >= 4 is 80.7 Å². The molecular weight excluding hydrogens is 170 g/mol. The van der Waals surface area contributed by atoms with Crippen LogP contribution in [-0.4, -0.2) is 59.1 Å². The van der Waals surface area contributed by atoms with Gasteiger partial charge in [-0.2, -0.15) is 0 Å². The molecule has 0 radical (unpaired) electrons. The van der Waals surface area contributed by atoms with Gasteiger partial charge in [0, 0.05) is 4.91 Å². The van der Waals surface area contributed by atoms with E-state index in [1.165, 1.54) is 4.91 Å². The fourth-order valence-corrected chi connectivity index (χ4v) is 2.15. The van der Waals surface area contributed by atoms with E-state index in [1.54, 1.807) is 10.8 Å². The van der Waals surface area contributed by atoms with E-state index in [-0.39, 0.29) is 59.1 Å². The average Bonchev–Trinajstić information content (AvgIpc) is 2.14. The first kappa shape index (κ1) is 13.7. The van der Waals surface area contributed by atoms with Crippen molar-refractivity contribution in [1.82, 2.24) is 0 Å². The summed E-state index contributed by atoms with van der Waals surface area (Å²) in [5, 5.41) is 2.10. The van der Waals surface area contributed by atoms with E-state index in [0.29, 0.717) is 0 Å². The Bertz CT molecular complexity index is 117. The normalized spacial score (nSPS) is 19.0. The molecule has 0 aromatic carbocycles. The van der Waals surface area contributed by atoms with E-state index in [9.17, 15) is 0 Å². The average molecular weight is 178 g/mol. The molecule has 1 aliphatic heterocycles. The number of allylic oxidation sites excluding steroid dienone is 2. The van der Waals surface area contributed by atoms with E-state index in [4.69, 9.17) is 0 Å². The summed E-state index contributed by atoms with van der Waals surface area (Å²) in [5.41, 5.74) is 0. The summed E-state index contributed by atoms with van der Waals surface area (Å²) < 4.78 is 0. The Labute approximate surface area is 108 Å². The molecule has 0 saturated carbocycles. The summed E-state index contributed by atoms with van der Waals surface area (Å²) in [5.74, 6) is 0. The predicted octanol–water partition coefficient (Wildman–Crippen LogP) is 1.50. The van der Waals surface area contributed by atoms with Crippen LogP contribution in [0.1, 0.15) is 6.92 Å². The SMILES string of the molecule is CC=C1C=CSS1.[NaH].[NaH]. The molecule has 0 amide bonds. The molecule has 0 spiro atoms. The third-order valence-corrected chi connectivity index (χ3v) is 2.82. The Morgan fingerprint density at radius 2 is 2.11 bits per heavy atom. The molecule has 0 aliphatic carbocycles. The van der Waals surface area contributed by atoms with Gasteiger partial charge in [-0.1, -0.05) is 27.7 Å².